The Balaban J connectivity index is 2.72. The number of ether oxygens (including phenoxy) is 1. The van der Waals surface area contributed by atoms with Crippen LogP contribution >= 0.6 is 0 Å². The Labute approximate surface area is 103 Å². The first-order valence-electron chi connectivity index (χ1n) is 5.17. The van der Waals surface area contributed by atoms with Crippen LogP contribution in [0.4, 0.5) is 9.18 Å². The van der Waals surface area contributed by atoms with E-state index >= 15 is 0 Å². The molecule has 0 aliphatic heterocycles. The Hall–Kier alpha value is -2.15. The second-order valence-electron chi connectivity index (χ2n) is 3.67. The van der Waals surface area contributed by atoms with Crippen molar-refractivity contribution in [2.75, 3.05) is 6.61 Å². The molecule has 98 valence electrons. The van der Waals surface area contributed by atoms with E-state index in [0.29, 0.717) is 5.56 Å². The number of rotatable bonds is 4. The van der Waals surface area contributed by atoms with E-state index in [9.17, 15) is 14.0 Å². The van der Waals surface area contributed by atoms with Gasteiger partial charge < -0.3 is 16.2 Å². The Morgan fingerprint density at radius 2 is 2.17 bits per heavy atom. The first-order chi connectivity index (χ1) is 8.40. The number of primary amides is 1. The molecule has 0 spiro atoms. The second-order valence-corrected chi connectivity index (χ2v) is 3.67. The van der Waals surface area contributed by atoms with Crippen molar-refractivity contribution in [1.29, 1.82) is 0 Å². The predicted octanol–water partition coefficient (Wildman–Crippen LogP) is 0.419. The SMILES string of the molecule is C[C@@H](N)c1cc(F)ccc1OCC(=O)NC(N)=O. The molecule has 0 aliphatic carbocycles. The minimum Gasteiger partial charge on any atom is -0.483 e. The molecule has 3 amide bonds. The molecule has 1 rings (SSSR count). The minimum absolute atomic E-state index is 0.283. The lowest BCUT2D eigenvalue weighted by molar-refractivity contribution is -0.121. The summed E-state index contributed by atoms with van der Waals surface area (Å²) in [5.74, 6) is -0.857. The van der Waals surface area contributed by atoms with Gasteiger partial charge in [0.25, 0.3) is 5.91 Å². The van der Waals surface area contributed by atoms with Crippen LogP contribution in [0, 0.1) is 5.82 Å². The van der Waals surface area contributed by atoms with Gasteiger partial charge in [0.05, 0.1) is 0 Å². The van der Waals surface area contributed by atoms with E-state index in [2.05, 4.69) is 0 Å². The van der Waals surface area contributed by atoms with Crippen LogP contribution in [0.15, 0.2) is 18.2 Å². The molecule has 5 N–H and O–H groups in total. The Morgan fingerprint density at radius 1 is 1.50 bits per heavy atom. The lowest BCUT2D eigenvalue weighted by Gasteiger charge is -2.13. The molecule has 0 fully saturated rings. The van der Waals surface area contributed by atoms with Crippen LogP contribution in [0.3, 0.4) is 0 Å². The number of nitrogens with two attached hydrogens (primary N) is 2. The van der Waals surface area contributed by atoms with Crippen molar-refractivity contribution < 1.29 is 18.7 Å². The van der Waals surface area contributed by atoms with Gasteiger partial charge in [0.15, 0.2) is 6.61 Å². The van der Waals surface area contributed by atoms with Gasteiger partial charge in [-0.15, -0.1) is 0 Å². The Bertz CT molecular complexity index is 463. The molecule has 0 heterocycles. The van der Waals surface area contributed by atoms with Crippen molar-refractivity contribution in [3.05, 3.63) is 29.6 Å². The van der Waals surface area contributed by atoms with Crippen molar-refractivity contribution in [2.45, 2.75) is 13.0 Å². The number of hydrogen-bond acceptors (Lipinski definition) is 4. The van der Waals surface area contributed by atoms with Gasteiger partial charge >= 0.3 is 6.03 Å². The monoisotopic (exact) mass is 255 g/mol. The average molecular weight is 255 g/mol. The Morgan fingerprint density at radius 3 is 2.72 bits per heavy atom. The van der Waals surface area contributed by atoms with Crippen LogP contribution in [0.25, 0.3) is 0 Å². The molecule has 18 heavy (non-hydrogen) atoms. The second kappa shape index (κ2) is 5.97. The average Bonchev–Trinajstić information content (AvgIpc) is 2.26. The number of halogens is 1. The van der Waals surface area contributed by atoms with E-state index < -0.39 is 30.4 Å². The molecule has 0 unspecified atom stereocenters. The lowest BCUT2D eigenvalue weighted by Crippen LogP contribution is -2.38. The summed E-state index contributed by atoms with van der Waals surface area (Å²) >= 11 is 0. The quantitative estimate of drug-likeness (QED) is 0.724. The van der Waals surface area contributed by atoms with E-state index in [0.717, 1.165) is 0 Å². The van der Waals surface area contributed by atoms with Gasteiger partial charge in [0.2, 0.25) is 0 Å². The van der Waals surface area contributed by atoms with Crippen molar-refractivity contribution in [3.8, 4) is 5.75 Å². The number of carbonyl (C=O) groups is 2. The van der Waals surface area contributed by atoms with Crippen LogP contribution in [0.1, 0.15) is 18.5 Å². The number of benzene rings is 1. The van der Waals surface area contributed by atoms with Crippen molar-refractivity contribution in [1.82, 2.24) is 5.32 Å². The van der Waals surface area contributed by atoms with Crippen LogP contribution in [-0.2, 0) is 4.79 Å². The molecule has 0 saturated heterocycles. The number of urea groups is 1. The van der Waals surface area contributed by atoms with Gasteiger partial charge in [0.1, 0.15) is 11.6 Å². The summed E-state index contributed by atoms with van der Waals surface area (Å²) in [6.45, 7) is 1.25. The highest BCUT2D eigenvalue weighted by Gasteiger charge is 2.11. The largest absolute Gasteiger partial charge is 0.483 e. The molecule has 0 aliphatic rings. The highest BCUT2D eigenvalue weighted by Crippen LogP contribution is 2.24. The summed E-state index contributed by atoms with van der Waals surface area (Å²) in [5.41, 5.74) is 10.8. The van der Waals surface area contributed by atoms with E-state index in [-0.39, 0.29) is 5.75 Å². The fourth-order valence-corrected chi connectivity index (χ4v) is 1.32. The highest BCUT2D eigenvalue weighted by molar-refractivity contribution is 5.94. The molecular formula is C11H14FN3O3. The molecule has 7 heteroatoms. The predicted molar refractivity (Wildman–Crippen MR) is 62.2 cm³/mol. The maximum Gasteiger partial charge on any atom is 0.318 e. The third kappa shape index (κ3) is 4.02. The molecule has 0 saturated carbocycles. The number of amides is 3. The number of carbonyl (C=O) groups excluding carboxylic acids is 2. The first-order valence-corrected chi connectivity index (χ1v) is 5.17. The lowest BCUT2D eigenvalue weighted by atomic mass is 10.1. The van der Waals surface area contributed by atoms with E-state index in [4.69, 9.17) is 16.2 Å². The fourth-order valence-electron chi connectivity index (χ4n) is 1.32. The summed E-state index contributed by atoms with van der Waals surface area (Å²) in [7, 11) is 0. The zero-order chi connectivity index (χ0) is 13.7. The summed E-state index contributed by atoms with van der Waals surface area (Å²) < 4.78 is 18.2. The summed E-state index contributed by atoms with van der Waals surface area (Å²) in [6, 6.07) is 2.37. The van der Waals surface area contributed by atoms with E-state index in [1.54, 1.807) is 6.92 Å². The number of imide groups is 1. The zero-order valence-corrected chi connectivity index (χ0v) is 9.77. The van der Waals surface area contributed by atoms with Gasteiger partial charge in [-0.3, -0.25) is 10.1 Å². The normalized spacial score (nSPS) is 11.7. The molecule has 6 nitrogen and oxygen atoms in total. The molecule has 1 aromatic rings. The van der Waals surface area contributed by atoms with Crippen LogP contribution in [0.2, 0.25) is 0 Å². The van der Waals surface area contributed by atoms with Crippen molar-refractivity contribution in [3.63, 3.8) is 0 Å². The topological polar surface area (TPSA) is 107 Å². The molecular weight excluding hydrogens is 241 g/mol. The number of nitrogens with one attached hydrogen (secondary N) is 1. The van der Waals surface area contributed by atoms with Crippen LogP contribution in [-0.4, -0.2) is 18.5 Å². The molecule has 1 atom stereocenters. The first kappa shape index (κ1) is 13.9. The van der Waals surface area contributed by atoms with Gasteiger partial charge in [0, 0.05) is 11.6 Å². The molecule has 0 aromatic heterocycles. The fraction of sp³-hybridized carbons (Fsp3) is 0.273. The van der Waals surface area contributed by atoms with E-state index in [1.165, 1.54) is 18.2 Å². The molecule has 1 aromatic carbocycles. The van der Waals surface area contributed by atoms with Gasteiger partial charge in [-0.05, 0) is 25.1 Å². The molecule has 0 bridgehead atoms. The van der Waals surface area contributed by atoms with Crippen molar-refractivity contribution in [2.24, 2.45) is 11.5 Å². The van der Waals surface area contributed by atoms with Gasteiger partial charge in [-0.25, -0.2) is 9.18 Å². The third-order valence-electron chi connectivity index (χ3n) is 2.08. The van der Waals surface area contributed by atoms with Gasteiger partial charge in [-0.2, -0.15) is 0 Å². The molecule has 0 radical (unpaired) electrons. The maximum atomic E-state index is 13.0. The maximum absolute atomic E-state index is 13.0. The van der Waals surface area contributed by atoms with E-state index in [1.807, 2.05) is 5.32 Å². The standard InChI is InChI=1S/C11H14FN3O3/c1-6(13)8-4-7(12)2-3-9(8)18-5-10(16)15-11(14)17/h2-4,6H,5,13H2,1H3,(H3,14,15,16,17)/t6-/m1/s1. The summed E-state index contributed by atoms with van der Waals surface area (Å²) in [5, 5.41) is 1.84. The number of hydrogen-bond donors (Lipinski definition) is 3. The Kier molecular flexibility index (Phi) is 4.61. The summed E-state index contributed by atoms with van der Waals surface area (Å²) in [4.78, 5) is 21.5. The van der Waals surface area contributed by atoms with Crippen LogP contribution in [0.5, 0.6) is 5.75 Å². The summed E-state index contributed by atoms with van der Waals surface area (Å²) in [6.07, 6.45) is 0. The van der Waals surface area contributed by atoms with Crippen molar-refractivity contribution >= 4 is 11.9 Å². The minimum atomic E-state index is -0.963. The van der Waals surface area contributed by atoms with Gasteiger partial charge in [-0.1, -0.05) is 0 Å². The highest BCUT2D eigenvalue weighted by atomic mass is 19.1. The van der Waals surface area contributed by atoms with Crippen LogP contribution < -0.4 is 21.5 Å². The zero-order valence-electron chi connectivity index (χ0n) is 9.77. The third-order valence-corrected chi connectivity index (χ3v) is 2.08. The smallest absolute Gasteiger partial charge is 0.318 e.